The van der Waals surface area contributed by atoms with Gasteiger partial charge < -0.3 is 9.13 Å². The summed E-state index contributed by atoms with van der Waals surface area (Å²) in [6.45, 7) is 2.19. The molecule has 0 atom stereocenters. The van der Waals surface area contributed by atoms with Crippen molar-refractivity contribution in [2.45, 2.75) is 6.92 Å². The fourth-order valence-electron chi connectivity index (χ4n) is 4.81. The van der Waals surface area contributed by atoms with Crippen molar-refractivity contribution in [3.8, 4) is 5.69 Å². The van der Waals surface area contributed by atoms with E-state index in [1.54, 1.807) is 0 Å². The fraction of sp³-hybridized carbons (Fsp3) is 0.0769. The zero-order chi connectivity index (χ0) is 18.8. The Bertz CT molecular complexity index is 1480. The molecule has 2 nitrogen and oxygen atoms in total. The average Bonchev–Trinajstić information content (AvgIpc) is 3.21. The van der Waals surface area contributed by atoms with E-state index in [0.29, 0.717) is 0 Å². The molecule has 6 rings (SSSR count). The fourth-order valence-corrected chi connectivity index (χ4v) is 4.81. The van der Waals surface area contributed by atoms with Gasteiger partial charge in [0.15, 0.2) is 0 Å². The maximum Gasteiger partial charge on any atom is 0.0541 e. The van der Waals surface area contributed by atoms with Crippen LogP contribution >= 0.6 is 0 Å². The van der Waals surface area contributed by atoms with Gasteiger partial charge >= 0.3 is 0 Å². The van der Waals surface area contributed by atoms with Crippen molar-refractivity contribution < 1.29 is 0 Å². The van der Waals surface area contributed by atoms with Crippen LogP contribution in [-0.4, -0.2) is 9.13 Å². The van der Waals surface area contributed by atoms with Crippen LogP contribution in [0.2, 0.25) is 0 Å². The van der Waals surface area contributed by atoms with Crippen molar-refractivity contribution in [2.24, 2.45) is 7.05 Å². The van der Waals surface area contributed by atoms with Gasteiger partial charge in [0.1, 0.15) is 0 Å². The number of para-hydroxylation sites is 3. The van der Waals surface area contributed by atoms with E-state index in [2.05, 4.69) is 108 Å². The summed E-state index contributed by atoms with van der Waals surface area (Å²) in [4.78, 5) is 0. The van der Waals surface area contributed by atoms with Gasteiger partial charge in [0.05, 0.1) is 22.1 Å². The Labute approximate surface area is 163 Å². The van der Waals surface area contributed by atoms with Crippen molar-refractivity contribution in [2.75, 3.05) is 0 Å². The third-order valence-electron chi connectivity index (χ3n) is 6.04. The molecule has 0 radical (unpaired) electrons. The number of fused-ring (bicyclic) bond motifs is 6. The second-order valence-electron chi connectivity index (χ2n) is 7.60. The number of aryl methyl sites for hydroxylation is 2. The van der Waals surface area contributed by atoms with Crippen LogP contribution in [0.1, 0.15) is 5.56 Å². The Hall–Kier alpha value is -3.52. The lowest BCUT2D eigenvalue weighted by atomic mass is 10.1. The summed E-state index contributed by atoms with van der Waals surface area (Å²) < 4.78 is 4.71. The molecular weight excluding hydrogens is 340 g/mol. The largest absolute Gasteiger partial charge is 0.343 e. The molecule has 0 saturated heterocycles. The summed E-state index contributed by atoms with van der Waals surface area (Å²) >= 11 is 0. The normalized spacial score (nSPS) is 11.9. The third kappa shape index (κ3) is 1.92. The second-order valence-corrected chi connectivity index (χ2v) is 7.60. The maximum absolute atomic E-state index is 2.38. The van der Waals surface area contributed by atoms with Crippen molar-refractivity contribution in [1.29, 1.82) is 0 Å². The molecule has 0 saturated carbocycles. The van der Waals surface area contributed by atoms with Crippen LogP contribution < -0.4 is 0 Å². The SMILES string of the molecule is Cc1cccc2c3ccc(-n4c5ccccc5c5ccccc54)cc3n(C)c12. The van der Waals surface area contributed by atoms with Crippen LogP contribution in [-0.2, 0) is 7.05 Å². The predicted molar refractivity (Wildman–Crippen MR) is 120 cm³/mol. The topological polar surface area (TPSA) is 9.86 Å². The number of rotatable bonds is 1. The zero-order valence-electron chi connectivity index (χ0n) is 16.0. The minimum absolute atomic E-state index is 1.20. The van der Waals surface area contributed by atoms with Crippen LogP contribution in [0.25, 0.3) is 49.3 Å². The number of hydrogen-bond donors (Lipinski definition) is 0. The molecule has 4 aromatic carbocycles. The summed E-state index contributed by atoms with van der Waals surface area (Å²) in [5.74, 6) is 0. The molecule has 0 bridgehead atoms. The van der Waals surface area contributed by atoms with E-state index in [1.165, 1.54) is 54.9 Å². The average molecular weight is 360 g/mol. The van der Waals surface area contributed by atoms with Crippen LogP contribution in [0, 0.1) is 6.92 Å². The van der Waals surface area contributed by atoms with Crippen LogP contribution in [0.5, 0.6) is 0 Å². The zero-order valence-corrected chi connectivity index (χ0v) is 16.0. The van der Waals surface area contributed by atoms with E-state index in [4.69, 9.17) is 0 Å². The van der Waals surface area contributed by atoms with E-state index in [9.17, 15) is 0 Å². The maximum atomic E-state index is 2.38. The van der Waals surface area contributed by atoms with Gasteiger partial charge in [-0.1, -0.05) is 60.7 Å². The lowest BCUT2D eigenvalue weighted by Crippen LogP contribution is -1.95. The molecule has 0 spiro atoms. The standard InChI is InChI=1S/C26H20N2/c1-17-8-7-11-22-21-15-14-18(16-25(21)27(2)26(17)22)28-23-12-5-3-9-19(23)20-10-4-6-13-24(20)28/h3-16H,1-2H3. The van der Waals surface area contributed by atoms with Crippen LogP contribution in [0.4, 0.5) is 0 Å². The van der Waals surface area contributed by atoms with Crippen molar-refractivity contribution in [3.63, 3.8) is 0 Å². The van der Waals surface area contributed by atoms with Gasteiger partial charge in [0.25, 0.3) is 0 Å². The highest BCUT2D eigenvalue weighted by Gasteiger charge is 2.14. The first-order valence-corrected chi connectivity index (χ1v) is 9.70. The lowest BCUT2D eigenvalue weighted by Gasteiger charge is -2.09. The molecule has 28 heavy (non-hydrogen) atoms. The minimum Gasteiger partial charge on any atom is -0.343 e. The number of aromatic nitrogens is 2. The van der Waals surface area contributed by atoms with E-state index in [-0.39, 0.29) is 0 Å². The molecule has 134 valence electrons. The van der Waals surface area contributed by atoms with Gasteiger partial charge in [0.2, 0.25) is 0 Å². The first-order valence-electron chi connectivity index (χ1n) is 9.70. The first kappa shape index (κ1) is 15.5. The van der Waals surface area contributed by atoms with Crippen molar-refractivity contribution in [1.82, 2.24) is 9.13 Å². The smallest absolute Gasteiger partial charge is 0.0541 e. The Morgan fingerprint density at radius 3 is 1.89 bits per heavy atom. The van der Waals surface area contributed by atoms with E-state index < -0.39 is 0 Å². The Morgan fingerprint density at radius 2 is 1.18 bits per heavy atom. The van der Waals surface area contributed by atoms with Crippen molar-refractivity contribution >= 4 is 43.6 Å². The molecule has 0 amide bonds. The first-order chi connectivity index (χ1) is 13.7. The summed E-state index contributed by atoms with van der Waals surface area (Å²) in [7, 11) is 2.17. The summed E-state index contributed by atoms with van der Waals surface area (Å²) in [6.07, 6.45) is 0. The Morgan fingerprint density at radius 1 is 0.571 bits per heavy atom. The van der Waals surface area contributed by atoms with Gasteiger partial charge in [-0.25, -0.2) is 0 Å². The number of benzene rings is 4. The third-order valence-corrected chi connectivity index (χ3v) is 6.04. The molecule has 0 aliphatic carbocycles. The molecular formula is C26H20N2. The van der Waals surface area contributed by atoms with Gasteiger partial charge in [-0.05, 0) is 36.8 Å². The number of nitrogens with zero attached hydrogens (tertiary/aromatic N) is 2. The Kier molecular flexibility index (Phi) is 3.05. The molecule has 0 aliphatic rings. The van der Waals surface area contributed by atoms with Gasteiger partial charge in [-0.3, -0.25) is 0 Å². The summed E-state index contributed by atoms with van der Waals surface area (Å²) in [5.41, 5.74) is 7.60. The van der Waals surface area contributed by atoms with E-state index >= 15 is 0 Å². The Balaban J connectivity index is 1.75. The van der Waals surface area contributed by atoms with Gasteiger partial charge in [0, 0.05) is 34.3 Å². The molecule has 2 heterocycles. The molecule has 0 fully saturated rings. The molecule has 0 aliphatic heterocycles. The molecule has 2 heteroatoms. The molecule has 0 unspecified atom stereocenters. The minimum atomic E-state index is 1.20. The highest BCUT2D eigenvalue weighted by molar-refractivity contribution is 6.11. The quantitative estimate of drug-likeness (QED) is 0.307. The monoisotopic (exact) mass is 360 g/mol. The highest BCUT2D eigenvalue weighted by atomic mass is 15.0. The summed E-state index contributed by atoms with van der Waals surface area (Å²) in [6, 6.07) is 30.8. The lowest BCUT2D eigenvalue weighted by molar-refractivity contribution is 1.01. The highest BCUT2D eigenvalue weighted by Crippen LogP contribution is 2.35. The molecule has 0 N–H and O–H groups in total. The second kappa shape index (κ2) is 5.49. The predicted octanol–water partition coefficient (Wildman–Crippen LogP) is 6.74. The van der Waals surface area contributed by atoms with Gasteiger partial charge in [-0.15, -0.1) is 0 Å². The molecule has 6 aromatic rings. The van der Waals surface area contributed by atoms with E-state index in [0.717, 1.165) is 0 Å². The van der Waals surface area contributed by atoms with Crippen molar-refractivity contribution in [3.05, 3.63) is 90.5 Å². The van der Waals surface area contributed by atoms with E-state index in [1.807, 2.05) is 0 Å². The van der Waals surface area contributed by atoms with Crippen LogP contribution in [0.15, 0.2) is 84.9 Å². The number of hydrogen-bond acceptors (Lipinski definition) is 0. The van der Waals surface area contributed by atoms with Gasteiger partial charge in [-0.2, -0.15) is 0 Å². The summed E-state index contributed by atoms with van der Waals surface area (Å²) in [5, 5.41) is 5.23. The molecule has 2 aromatic heterocycles. The van der Waals surface area contributed by atoms with Crippen LogP contribution in [0.3, 0.4) is 0 Å².